The molecule has 0 amide bonds. The summed E-state index contributed by atoms with van der Waals surface area (Å²) in [5, 5.41) is 3.61. The smallest absolute Gasteiger partial charge is 0.0240 e. The van der Waals surface area contributed by atoms with E-state index in [0.717, 1.165) is 25.7 Å². The van der Waals surface area contributed by atoms with Crippen LogP contribution in [0.5, 0.6) is 0 Å². The van der Waals surface area contributed by atoms with Crippen LogP contribution >= 0.6 is 0 Å². The molecule has 0 aliphatic heterocycles. The molecule has 1 aromatic carbocycles. The Morgan fingerprint density at radius 2 is 2.17 bits per heavy atom. The number of aryl methyl sites for hydroxylation is 2. The number of rotatable bonds is 7. The van der Waals surface area contributed by atoms with Crippen LogP contribution in [0, 0.1) is 19.3 Å². The average molecular weight is 243 g/mol. The number of benzene rings is 1. The van der Waals surface area contributed by atoms with Gasteiger partial charge >= 0.3 is 0 Å². The first-order chi connectivity index (χ1) is 8.65. The van der Waals surface area contributed by atoms with Gasteiger partial charge in [-0.3, -0.25) is 0 Å². The summed E-state index contributed by atoms with van der Waals surface area (Å²) in [6.45, 7) is 6.57. The maximum absolute atomic E-state index is 5.37. The number of nitrogens with one attached hydrogen (secondary N) is 1. The summed E-state index contributed by atoms with van der Waals surface area (Å²) < 4.78 is 0. The van der Waals surface area contributed by atoms with Crippen molar-refractivity contribution < 1.29 is 0 Å². The molecule has 2 atom stereocenters. The topological polar surface area (TPSA) is 12.0 Å². The highest BCUT2D eigenvalue weighted by Crippen LogP contribution is 2.09. The van der Waals surface area contributed by atoms with Crippen molar-refractivity contribution in [2.45, 2.75) is 58.5 Å². The summed E-state index contributed by atoms with van der Waals surface area (Å²) in [6, 6.07) is 9.73. The van der Waals surface area contributed by atoms with Crippen LogP contribution in [0.25, 0.3) is 0 Å². The minimum Gasteiger partial charge on any atom is -0.311 e. The van der Waals surface area contributed by atoms with Crippen LogP contribution < -0.4 is 5.32 Å². The molecule has 0 fully saturated rings. The monoisotopic (exact) mass is 243 g/mol. The molecule has 1 aromatic rings. The standard InChI is InChI=1S/C17H25N/c1-5-8-17(6-2)18-15(4)11-12-16-10-7-9-14(3)13-16/h1,7,9-10,13,15,17-18H,6,8,11-12H2,2-4H3. The molecule has 98 valence electrons. The fraction of sp³-hybridized carbons (Fsp3) is 0.529. The third kappa shape index (κ3) is 5.38. The highest BCUT2D eigenvalue weighted by Gasteiger charge is 2.09. The van der Waals surface area contributed by atoms with Gasteiger partial charge in [-0.2, -0.15) is 0 Å². The van der Waals surface area contributed by atoms with Gasteiger partial charge in [0.15, 0.2) is 0 Å². The first-order valence-corrected chi connectivity index (χ1v) is 6.90. The zero-order valence-electron chi connectivity index (χ0n) is 11.9. The van der Waals surface area contributed by atoms with E-state index in [1.807, 2.05) is 0 Å². The molecule has 0 saturated carbocycles. The fourth-order valence-electron chi connectivity index (χ4n) is 2.20. The SMILES string of the molecule is C#CCC(CC)NC(C)CCc1cccc(C)c1. The first-order valence-electron chi connectivity index (χ1n) is 6.90. The summed E-state index contributed by atoms with van der Waals surface area (Å²) in [6.07, 6.45) is 9.58. The quantitative estimate of drug-likeness (QED) is 0.720. The Morgan fingerprint density at radius 1 is 1.39 bits per heavy atom. The molecule has 0 aliphatic carbocycles. The number of hydrogen-bond donors (Lipinski definition) is 1. The van der Waals surface area contributed by atoms with Gasteiger partial charge in [-0.1, -0.05) is 36.8 Å². The molecule has 1 rings (SSSR count). The Kier molecular flexibility index (Phi) is 6.54. The van der Waals surface area contributed by atoms with Crippen LogP contribution in [0.3, 0.4) is 0 Å². The van der Waals surface area contributed by atoms with Crippen LogP contribution in [-0.4, -0.2) is 12.1 Å². The molecule has 2 unspecified atom stereocenters. The van der Waals surface area contributed by atoms with Gasteiger partial charge in [-0.25, -0.2) is 0 Å². The van der Waals surface area contributed by atoms with E-state index in [9.17, 15) is 0 Å². The summed E-state index contributed by atoms with van der Waals surface area (Å²) >= 11 is 0. The van der Waals surface area contributed by atoms with Crippen LogP contribution in [0.15, 0.2) is 24.3 Å². The molecule has 0 spiro atoms. The van der Waals surface area contributed by atoms with Crippen LogP contribution in [0.4, 0.5) is 0 Å². The van der Waals surface area contributed by atoms with E-state index in [-0.39, 0.29) is 0 Å². The Hall–Kier alpha value is -1.26. The van der Waals surface area contributed by atoms with Gasteiger partial charge in [0.2, 0.25) is 0 Å². The lowest BCUT2D eigenvalue weighted by Gasteiger charge is -2.20. The lowest BCUT2D eigenvalue weighted by molar-refractivity contribution is 0.422. The molecule has 18 heavy (non-hydrogen) atoms. The second-order valence-corrected chi connectivity index (χ2v) is 5.11. The minimum atomic E-state index is 0.461. The molecule has 1 heteroatoms. The highest BCUT2D eigenvalue weighted by molar-refractivity contribution is 5.22. The van der Waals surface area contributed by atoms with Gasteiger partial charge in [0.05, 0.1) is 0 Å². The summed E-state index contributed by atoms with van der Waals surface area (Å²) in [4.78, 5) is 0. The Balaban J connectivity index is 2.37. The molecule has 0 aromatic heterocycles. The molecular formula is C17H25N. The summed E-state index contributed by atoms with van der Waals surface area (Å²) in [5.41, 5.74) is 2.76. The van der Waals surface area contributed by atoms with Gasteiger partial charge in [0.1, 0.15) is 0 Å². The van der Waals surface area contributed by atoms with E-state index >= 15 is 0 Å². The summed E-state index contributed by atoms with van der Waals surface area (Å²) in [5.74, 6) is 2.74. The normalized spacial score (nSPS) is 13.9. The maximum atomic E-state index is 5.37. The van der Waals surface area contributed by atoms with Gasteiger partial charge in [-0.15, -0.1) is 12.3 Å². The largest absolute Gasteiger partial charge is 0.311 e. The Morgan fingerprint density at radius 3 is 2.78 bits per heavy atom. The van der Waals surface area contributed by atoms with Crippen molar-refractivity contribution >= 4 is 0 Å². The maximum Gasteiger partial charge on any atom is 0.0240 e. The summed E-state index contributed by atoms with van der Waals surface area (Å²) in [7, 11) is 0. The van der Waals surface area contributed by atoms with Crippen molar-refractivity contribution in [2.75, 3.05) is 0 Å². The van der Waals surface area contributed by atoms with Crippen LogP contribution in [0.1, 0.15) is 44.2 Å². The number of hydrogen-bond acceptors (Lipinski definition) is 1. The molecule has 0 heterocycles. The zero-order chi connectivity index (χ0) is 13.4. The molecule has 1 nitrogen and oxygen atoms in total. The van der Waals surface area contributed by atoms with E-state index in [1.165, 1.54) is 11.1 Å². The predicted molar refractivity (Wildman–Crippen MR) is 79.6 cm³/mol. The van der Waals surface area contributed by atoms with Gasteiger partial charge in [0.25, 0.3) is 0 Å². The minimum absolute atomic E-state index is 0.461. The molecule has 0 aliphatic rings. The first kappa shape index (κ1) is 14.8. The van der Waals surface area contributed by atoms with Crippen molar-refractivity contribution in [3.63, 3.8) is 0 Å². The van der Waals surface area contributed by atoms with Crippen molar-refractivity contribution in [1.82, 2.24) is 5.32 Å². The van der Waals surface area contributed by atoms with Crippen LogP contribution in [-0.2, 0) is 6.42 Å². The lowest BCUT2D eigenvalue weighted by Crippen LogP contribution is -2.36. The third-order valence-electron chi connectivity index (χ3n) is 3.33. The Labute approximate surface area is 112 Å². The lowest BCUT2D eigenvalue weighted by atomic mass is 10.0. The van der Waals surface area contributed by atoms with Gasteiger partial charge in [-0.05, 0) is 38.7 Å². The number of terminal acetylenes is 1. The second-order valence-electron chi connectivity index (χ2n) is 5.11. The van der Waals surface area contributed by atoms with E-state index in [0.29, 0.717) is 12.1 Å². The zero-order valence-corrected chi connectivity index (χ0v) is 11.9. The van der Waals surface area contributed by atoms with Gasteiger partial charge < -0.3 is 5.32 Å². The van der Waals surface area contributed by atoms with E-state index in [1.54, 1.807) is 0 Å². The third-order valence-corrected chi connectivity index (χ3v) is 3.33. The Bertz CT molecular complexity index is 389. The van der Waals surface area contributed by atoms with Crippen LogP contribution in [0.2, 0.25) is 0 Å². The molecule has 1 N–H and O–H groups in total. The molecule has 0 radical (unpaired) electrons. The molecule has 0 bridgehead atoms. The fourth-order valence-corrected chi connectivity index (χ4v) is 2.20. The van der Waals surface area contributed by atoms with Gasteiger partial charge in [0, 0.05) is 18.5 Å². The van der Waals surface area contributed by atoms with Crippen molar-refractivity contribution in [2.24, 2.45) is 0 Å². The predicted octanol–water partition coefficient (Wildman–Crippen LogP) is 3.71. The van der Waals surface area contributed by atoms with E-state index in [4.69, 9.17) is 6.42 Å². The average Bonchev–Trinajstić information content (AvgIpc) is 2.36. The van der Waals surface area contributed by atoms with Crippen molar-refractivity contribution in [1.29, 1.82) is 0 Å². The highest BCUT2D eigenvalue weighted by atomic mass is 14.9. The van der Waals surface area contributed by atoms with E-state index < -0.39 is 0 Å². The van der Waals surface area contributed by atoms with Crippen molar-refractivity contribution in [3.8, 4) is 12.3 Å². The second kappa shape index (κ2) is 7.95. The molecule has 0 saturated heterocycles. The van der Waals surface area contributed by atoms with E-state index in [2.05, 4.69) is 56.3 Å². The van der Waals surface area contributed by atoms with Crippen molar-refractivity contribution in [3.05, 3.63) is 35.4 Å². The molecular weight excluding hydrogens is 218 g/mol.